The monoisotopic (exact) mass is 519 g/mol. The Bertz CT molecular complexity index is 1250. The number of halogens is 1. The van der Waals surface area contributed by atoms with Crippen LogP contribution in [0.15, 0.2) is 83.1 Å². The van der Waals surface area contributed by atoms with Crippen molar-refractivity contribution < 1.29 is 13.9 Å². The van der Waals surface area contributed by atoms with Gasteiger partial charge in [0.05, 0.1) is 24.7 Å². The topological polar surface area (TPSA) is 129 Å². The molecule has 38 heavy (non-hydrogen) atoms. The van der Waals surface area contributed by atoms with Crippen molar-refractivity contribution in [3.63, 3.8) is 0 Å². The van der Waals surface area contributed by atoms with E-state index in [0.717, 1.165) is 17.5 Å². The minimum atomic E-state index is -0.654. The van der Waals surface area contributed by atoms with Gasteiger partial charge in [0.2, 0.25) is 0 Å². The van der Waals surface area contributed by atoms with Crippen LogP contribution >= 0.6 is 0 Å². The first-order chi connectivity index (χ1) is 18.5. The summed E-state index contributed by atoms with van der Waals surface area (Å²) in [6.45, 7) is 6.45. The summed E-state index contributed by atoms with van der Waals surface area (Å²) in [4.78, 5) is 34.4. The first kappa shape index (κ1) is 28.0. The van der Waals surface area contributed by atoms with E-state index in [2.05, 4.69) is 47.8 Å². The third-order valence-corrected chi connectivity index (χ3v) is 5.04. The molecule has 2 aromatic heterocycles. The zero-order valence-electron chi connectivity index (χ0n) is 21.3. The second-order valence-corrected chi connectivity index (χ2v) is 7.76. The number of hydrogen-bond acceptors (Lipinski definition) is 9. The molecule has 198 valence electrons. The van der Waals surface area contributed by atoms with Gasteiger partial charge in [0.15, 0.2) is 17.5 Å². The molecule has 12 heteroatoms. The van der Waals surface area contributed by atoms with Crippen LogP contribution in [0, 0.1) is 0 Å². The smallest absolute Gasteiger partial charge is 0.284 e. The third kappa shape index (κ3) is 8.54. The summed E-state index contributed by atoms with van der Waals surface area (Å²) in [5.41, 5.74) is 7.73. The predicted molar refractivity (Wildman–Crippen MR) is 146 cm³/mol. The van der Waals surface area contributed by atoms with E-state index in [-0.39, 0.29) is 18.2 Å². The van der Waals surface area contributed by atoms with Crippen molar-refractivity contribution >= 4 is 29.8 Å². The van der Waals surface area contributed by atoms with Crippen LogP contribution in [0.1, 0.15) is 17.4 Å². The van der Waals surface area contributed by atoms with Crippen LogP contribution < -0.4 is 16.2 Å². The molecule has 0 saturated heterocycles. The molecule has 3 N–H and O–H groups in total. The number of carbonyl (C=O) groups is 1. The average Bonchev–Trinajstić information content (AvgIpc) is 2.94. The second-order valence-electron chi connectivity index (χ2n) is 7.76. The van der Waals surface area contributed by atoms with Crippen LogP contribution in [0.4, 0.5) is 15.8 Å². The molecule has 0 aliphatic heterocycles. The number of carbonyl (C=O) groups excluding carboxylic acids is 1. The lowest BCUT2D eigenvalue weighted by atomic mass is 10.2. The van der Waals surface area contributed by atoms with Crippen LogP contribution in [0.25, 0.3) is 11.4 Å². The Kier molecular flexibility index (Phi) is 11.0. The molecule has 1 aromatic carbocycles. The fourth-order valence-corrected chi connectivity index (χ4v) is 3.22. The van der Waals surface area contributed by atoms with E-state index in [1.165, 1.54) is 0 Å². The number of aliphatic imine (C=N–C) groups is 2. The maximum Gasteiger partial charge on any atom is 0.284 e. The highest BCUT2D eigenvalue weighted by molar-refractivity contribution is 5.96. The Hall–Kier alpha value is -4.55. The Morgan fingerprint density at radius 1 is 1.16 bits per heavy atom. The molecule has 0 aliphatic rings. The molecule has 0 unspecified atom stereocenters. The normalized spacial score (nSPS) is 11.7. The van der Waals surface area contributed by atoms with Crippen molar-refractivity contribution in [3.8, 4) is 11.4 Å². The highest BCUT2D eigenvalue weighted by Gasteiger charge is 2.13. The maximum atomic E-state index is 14.4. The van der Waals surface area contributed by atoms with Gasteiger partial charge in [-0.15, -0.1) is 0 Å². The molecule has 0 bridgehead atoms. The summed E-state index contributed by atoms with van der Waals surface area (Å²) in [5, 5.41) is 3.24. The van der Waals surface area contributed by atoms with Crippen LogP contribution in [0.5, 0.6) is 0 Å². The number of hydrogen-bond donors (Lipinski definition) is 3. The van der Waals surface area contributed by atoms with Gasteiger partial charge in [-0.25, -0.2) is 29.8 Å². The fourth-order valence-electron chi connectivity index (χ4n) is 3.22. The molecule has 3 rings (SSSR count). The van der Waals surface area contributed by atoms with E-state index in [1.807, 2.05) is 31.2 Å². The van der Waals surface area contributed by atoms with Gasteiger partial charge in [0.1, 0.15) is 12.4 Å². The summed E-state index contributed by atoms with van der Waals surface area (Å²) in [6, 6.07) is 12.7. The van der Waals surface area contributed by atoms with E-state index in [1.54, 1.807) is 48.7 Å². The number of aromatic nitrogens is 3. The predicted octanol–water partition coefficient (Wildman–Crippen LogP) is 3.35. The van der Waals surface area contributed by atoms with E-state index in [9.17, 15) is 9.18 Å². The first-order valence-corrected chi connectivity index (χ1v) is 11.8. The molecular weight excluding hydrogens is 489 g/mol. The maximum absolute atomic E-state index is 14.4. The highest BCUT2D eigenvalue weighted by atomic mass is 19.1. The summed E-state index contributed by atoms with van der Waals surface area (Å²) in [6.07, 6.45) is 5.90. The van der Waals surface area contributed by atoms with Crippen molar-refractivity contribution in [2.75, 3.05) is 38.8 Å². The van der Waals surface area contributed by atoms with Gasteiger partial charge in [0, 0.05) is 43.8 Å². The van der Waals surface area contributed by atoms with E-state index in [0.29, 0.717) is 31.3 Å². The lowest BCUT2D eigenvalue weighted by Crippen LogP contribution is -2.39. The van der Waals surface area contributed by atoms with Crippen molar-refractivity contribution in [2.45, 2.75) is 6.92 Å². The van der Waals surface area contributed by atoms with E-state index in [4.69, 9.17) is 4.74 Å². The molecule has 3 aromatic rings. The standard InChI is InChI=1S/C26H30FN9O2/c1-4-38-14-13-36(3)25(22(27)17-28-2)32-18-33-35-26(37)23-10-9-21(16-31-23)34-20-8-5-7-19(15-20)24-29-11-6-12-30-24/h5-12,15-17,33-34H,2,4,13-14,18H2,1,3H3,(H,35,37)/b22-17+,32-25+. The summed E-state index contributed by atoms with van der Waals surface area (Å²) in [5.74, 6) is -0.447. The van der Waals surface area contributed by atoms with Crippen LogP contribution in [-0.4, -0.2) is 71.8 Å². The van der Waals surface area contributed by atoms with E-state index >= 15 is 0 Å². The van der Waals surface area contributed by atoms with Crippen molar-refractivity contribution in [3.05, 3.63) is 78.8 Å². The highest BCUT2D eigenvalue weighted by Crippen LogP contribution is 2.22. The number of nitrogens with one attached hydrogen (secondary N) is 3. The third-order valence-electron chi connectivity index (χ3n) is 5.04. The fraction of sp³-hybridized carbons (Fsp3) is 0.231. The lowest BCUT2D eigenvalue weighted by molar-refractivity contribution is 0.0929. The molecular formula is C26H30FN9O2. The molecule has 0 atom stereocenters. The lowest BCUT2D eigenvalue weighted by Gasteiger charge is -2.20. The Balaban J connectivity index is 1.55. The largest absolute Gasteiger partial charge is 0.380 e. The summed E-state index contributed by atoms with van der Waals surface area (Å²) >= 11 is 0. The van der Waals surface area contributed by atoms with Crippen molar-refractivity contribution in [1.82, 2.24) is 30.7 Å². The molecule has 11 nitrogen and oxygen atoms in total. The molecule has 0 saturated carbocycles. The molecule has 1 amide bonds. The van der Waals surface area contributed by atoms with Crippen molar-refractivity contribution in [2.24, 2.45) is 9.98 Å². The number of amides is 1. The number of likely N-dealkylation sites (N-methyl/N-ethyl adjacent to an activating group) is 1. The number of amidine groups is 1. The number of rotatable bonds is 13. The molecule has 0 fully saturated rings. The van der Waals surface area contributed by atoms with Gasteiger partial charge >= 0.3 is 0 Å². The summed E-state index contributed by atoms with van der Waals surface area (Å²) < 4.78 is 19.7. The van der Waals surface area contributed by atoms with Gasteiger partial charge in [-0.2, -0.15) is 0 Å². The van der Waals surface area contributed by atoms with E-state index < -0.39 is 11.7 Å². The zero-order chi connectivity index (χ0) is 27.2. The van der Waals surface area contributed by atoms with Crippen LogP contribution in [0.2, 0.25) is 0 Å². The Morgan fingerprint density at radius 2 is 1.97 bits per heavy atom. The van der Waals surface area contributed by atoms with Crippen LogP contribution in [0.3, 0.4) is 0 Å². The second kappa shape index (κ2) is 14.9. The first-order valence-electron chi connectivity index (χ1n) is 11.8. The number of nitrogens with zero attached hydrogens (tertiary/aromatic N) is 6. The number of hydrazine groups is 1. The Morgan fingerprint density at radius 3 is 2.68 bits per heavy atom. The number of benzene rings is 1. The van der Waals surface area contributed by atoms with Gasteiger partial charge in [-0.05, 0) is 44.0 Å². The Labute approximate surface area is 220 Å². The number of anilines is 2. The quantitative estimate of drug-likeness (QED) is 0.136. The molecule has 0 aliphatic carbocycles. The minimum absolute atomic E-state index is 0.0512. The number of ether oxygens (including phenoxy) is 1. The molecule has 0 radical (unpaired) electrons. The zero-order valence-corrected chi connectivity index (χ0v) is 21.3. The van der Waals surface area contributed by atoms with Gasteiger partial charge < -0.3 is 15.0 Å². The molecule has 0 spiro atoms. The average molecular weight is 520 g/mol. The van der Waals surface area contributed by atoms with Crippen molar-refractivity contribution in [1.29, 1.82) is 0 Å². The minimum Gasteiger partial charge on any atom is -0.380 e. The van der Waals surface area contributed by atoms with Gasteiger partial charge in [-0.1, -0.05) is 12.1 Å². The van der Waals surface area contributed by atoms with Gasteiger partial charge in [0.25, 0.3) is 5.91 Å². The summed E-state index contributed by atoms with van der Waals surface area (Å²) in [7, 11) is 1.68. The molecule has 2 heterocycles. The SMILES string of the molecule is C=N/C=C(F)\C(=N/CNNC(=O)c1ccc(Nc2cccc(-c3ncccn3)c2)cn1)N(C)CCOCC. The van der Waals surface area contributed by atoms with Crippen LogP contribution in [-0.2, 0) is 4.74 Å². The van der Waals surface area contributed by atoms with Gasteiger partial charge in [-0.3, -0.25) is 15.2 Å². The number of pyridine rings is 1.